The normalized spacial score (nSPS) is 12.6. The number of ether oxygens (including phenoxy) is 1. The van der Waals surface area contributed by atoms with E-state index in [1.54, 1.807) is 0 Å². The maximum Gasteiger partial charge on any atom is 0.305 e. The van der Waals surface area contributed by atoms with Crippen LogP contribution in [0, 0.1) is 0 Å². The molecule has 0 aliphatic carbocycles. The van der Waals surface area contributed by atoms with E-state index in [0.29, 0.717) is 25.9 Å². The lowest BCUT2D eigenvalue weighted by atomic mass is 10.0. The van der Waals surface area contributed by atoms with E-state index in [9.17, 15) is 19.8 Å². The lowest BCUT2D eigenvalue weighted by molar-refractivity contribution is -0.143. The maximum atomic E-state index is 12.5. The molecule has 0 aromatic carbocycles. The van der Waals surface area contributed by atoms with Crippen molar-refractivity contribution < 1.29 is 24.5 Å². The molecule has 0 rings (SSSR count). The third-order valence-corrected chi connectivity index (χ3v) is 16.2. The van der Waals surface area contributed by atoms with Crippen molar-refractivity contribution >= 4 is 11.9 Å². The van der Waals surface area contributed by atoms with Crippen molar-refractivity contribution in [1.82, 2.24) is 5.32 Å². The molecular weight excluding hydrogens is 935 g/mol. The molecule has 6 heteroatoms. The Balaban J connectivity index is 3.34. The third kappa shape index (κ3) is 61.6. The van der Waals surface area contributed by atoms with Gasteiger partial charge in [-0.25, -0.2) is 0 Å². The molecule has 0 heterocycles. The lowest BCUT2D eigenvalue weighted by Crippen LogP contribution is -2.45. The summed E-state index contributed by atoms with van der Waals surface area (Å²) in [5, 5.41) is 23.4. The predicted molar refractivity (Wildman–Crippen MR) is 333 cm³/mol. The molecule has 6 nitrogen and oxygen atoms in total. The summed E-state index contributed by atoms with van der Waals surface area (Å²) in [6, 6.07) is -0.539. The van der Waals surface area contributed by atoms with Gasteiger partial charge >= 0.3 is 5.97 Å². The van der Waals surface area contributed by atoms with Crippen LogP contribution in [0.5, 0.6) is 0 Å². The van der Waals surface area contributed by atoms with Crippen LogP contribution in [0.25, 0.3) is 0 Å². The molecule has 0 bridgehead atoms. The first-order chi connectivity index (χ1) is 37.5. The van der Waals surface area contributed by atoms with Crippen LogP contribution in [0.1, 0.15) is 386 Å². The summed E-state index contributed by atoms with van der Waals surface area (Å²) < 4.78 is 5.48. The van der Waals surface area contributed by atoms with Crippen LogP contribution in [0.15, 0.2) is 24.3 Å². The number of nitrogens with one attached hydrogen (secondary N) is 1. The minimum atomic E-state index is -0.662. The second kappa shape index (κ2) is 65.9. The number of carbonyl (C=O) groups excluding carboxylic acids is 2. The highest BCUT2D eigenvalue weighted by Gasteiger charge is 2.20. The van der Waals surface area contributed by atoms with E-state index in [4.69, 9.17) is 4.74 Å². The number of aliphatic hydroxyl groups is 2. The van der Waals surface area contributed by atoms with E-state index in [-0.39, 0.29) is 18.5 Å². The maximum absolute atomic E-state index is 12.5. The highest BCUT2D eigenvalue weighted by Crippen LogP contribution is 2.19. The van der Waals surface area contributed by atoms with Gasteiger partial charge in [0.05, 0.1) is 25.4 Å². The van der Waals surface area contributed by atoms with E-state index in [1.807, 2.05) is 0 Å². The summed E-state index contributed by atoms with van der Waals surface area (Å²) in [7, 11) is 0. The molecule has 2 unspecified atom stereocenters. The standard InChI is InChI=1S/C70H135NO5/c1-3-5-7-9-11-13-15-17-18-32-35-39-42-46-50-54-58-62-68(73)67(66-72)71-69(74)63-59-55-51-47-43-40-36-33-30-28-26-24-22-20-19-21-23-25-27-29-31-34-37-41-45-49-53-57-61-65-76-70(75)64-60-56-52-48-44-38-16-14-12-10-8-6-4-2/h8,10,14,16,67-68,72-73H,3-7,9,11-13,15,17-66H2,1-2H3,(H,71,74)/b10-8-,16-14-. The Bertz CT molecular complexity index is 1190. The fourth-order valence-electron chi connectivity index (χ4n) is 11.0. The van der Waals surface area contributed by atoms with Crippen molar-refractivity contribution in [1.29, 1.82) is 0 Å². The second-order valence-corrected chi connectivity index (χ2v) is 23.9. The van der Waals surface area contributed by atoms with E-state index in [1.165, 1.54) is 302 Å². The van der Waals surface area contributed by atoms with Gasteiger partial charge in [0, 0.05) is 12.8 Å². The summed E-state index contributed by atoms with van der Waals surface area (Å²) in [6.45, 7) is 4.92. The Morgan fingerprint density at radius 1 is 0.368 bits per heavy atom. The van der Waals surface area contributed by atoms with Crippen LogP contribution in [-0.4, -0.2) is 47.4 Å². The summed E-state index contributed by atoms with van der Waals surface area (Å²) >= 11 is 0. The number of unbranched alkanes of at least 4 members (excludes halogenated alkanes) is 50. The zero-order chi connectivity index (χ0) is 55.0. The van der Waals surface area contributed by atoms with E-state index < -0.39 is 12.1 Å². The fourth-order valence-corrected chi connectivity index (χ4v) is 11.0. The zero-order valence-corrected chi connectivity index (χ0v) is 51.5. The van der Waals surface area contributed by atoms with Gasteiger partial charge in [-0.3, -0.25) is 9.59 Å². The number of hydrogen-bond donors (Lipinski definition) is 3. The van der Waals surface area contributed by atoms with Crippen LogP contribution in [0.4, 0.5) is 0 Å². The van der Waals surface area contributed by atoms with Gasteiger partial charge in [0.2, 0.25) is 5.91 Å². The number of carbonyl (C=O) groups is 2. The van der Waals surface area contributed by atoms with E-state index >= 15 is 0 Å². The van der Waals surface area contributed by atoms with Crippen LogP contribution >= 0.6 is 0 Å². The molecule has 450 valence electrons. The molecule has 1 amide bonds. The minimum Gasteiger partial charge on any atom is -0.466 e. The van der Waals surface area contributed by atoms with E-state index in [0.717, 1.165) is 51.4 Å². The number of amides is 1. The lowest BCUT2D eigenvalue weighted by Gasteiger charge is -2.22. The van der Waals surface area contributed by atoms with Crippen LogP contribution < -0.4 is 5.32 Å². The monoisotopic (exact) mass is 1070 g/mol. The largest absolute Gasteiger partial charge is 0.466 e. The van der Waals surface area contributed by atoms with Crippen molar-refractivity contribution in [2.45, 2.75) is 398 Å². The van der Waals surface area contributed by atoms with Gasteiger partial charge in [-0.1, -0.05) is 346 Å². The molecule has 0 saturated carbocycles. The molecule has 3 N–H and O–H groups in total. The van der Waals surface area contributed by atoms with Gasteiger partial charge in [-0.05, 0) is 51.4 Å². The van der Waals surface area contributed by atoms with Gasteiger partial charge in [0.1, 0.15) is 0 Å². The Morgan fingerprint density at radius 3 is 1.05 bits per heavy atom. The number of aliphatic hydroxyl groups excluding tert-OH is 2. The van der Waals surface area contributed by atoms with E-state index in [2.05, 4.69) is 43.5 Å². The fraction of sp³-hybridized carbons (Fsp3) is 0.914. The summed E-state index contributed by atoms with van der Waals surface area (Å²) in [5.74, 6) is -0.0234. The molecule has 0 saturated heterocycles. The molecule has 0 fully saturated rings. The number of hydrogen-bond acceptors (Lipinski definition) is 5. The first kappa shape index (κ1) is 74.3. The zero-order valence-electron chi connectivity index (χ0n) is 51.5. The Hall–Kier alpha value is -1.66. The first-order valence-electron chi connectivity index (χ1n) is 34.6. The van der Waals surface area contributed by atoms with Gasteiger partial charge in [0.25, 0.3) is 0 Å². The highest BCUT2D eigenvalue weighted by molar-refractivity contribution is 5.76. The SMILES string of the molecule is CCC/C=C\C/C=C\CCCCCCCC(=O)OCCCCCCCCCCCCCCCCCCCCCCCCCCCCCCCC(=O)NC(CO)C(O)CCCCCCCCCCCCCCCCCCC. The average molecular weight is 1070 g/mol. The Labute approximate surface area is 475 Å². The van der Waals surface area contributed by atoms with Crippen LogP contribution in [0.2, 0.25) is 0 Å². The van der Waals surface area contributed by atoms with Crippen LogP contribution in [-0.2, 0) is 14.3 Å². The molecule has 0 aliphatic rings. The molecular formula is C70H135NO5. The smallest absolute Gasteiger partial charge is 0.305 e. The predicted octanol–water partition coefficient (Wildman–Crippen LogP) is 22.1. The third-order valence-electron chi connectivity index (χ3n) is 16.2. The second-order valence-electron chi connectivity index (χ2n) is 23.9. The van der Waals surface area contributed by atoms with Crippen molar-refractivity contribution in [3.8, 4) is 0 Å². The molecule has 0 radical (unpaired) electrons. The molecule has 0 aliphatic heterocycles. The van der Waals surface area contributed by atoms with Crippen LogP contribution in [0.3, 0.4) is 0 Å². The van der Waals surface area contributed by atoms with Gasteiger partial charge in [0.15, 0.2) is 0 Å². The van der Waals surface area contributed by atoms with Gasteiger partial charge < -0.3 is 20.3 Å². The molecule has 76 heavy (non-hydrogen) atoms. The summed E-state index contributed by atoms with van der Waals surface area (Å²) in [5.41, 5.74) is 0. The van der Waals surface area contributed by atoms with Gasteiger partial charge in [-0.2, -0.15) is 0 Å². The Morgan fingerprint density at radius 2 is 0.684 bits per heavy atom. The van der Waals surface area contributed by atoms with Crippen molar-refractivity contribution in [3.05, 3.63) is 24.3 Å². The number of allylic oxidation sites excluding steroid dienone is 4. The highest BCUT2D eigenvalue weighted by atomic mass is 16.5. The average Bonchev–Trinajstić information content (AvgIpc) is 3.42. The molecule has 0 spiro atoms. The number of rotatable bonds is 65. The number of esters is 1. The molecule has 2 atom stereocenters. The quantitative estimate of drug-likeness (QED) is 0.0320. The minimum absolute atomic E-state index is 0.00460. The topological polar surface area (TPSA) is 95.9 Å². The van der Waals surface area contributed by atoms with Crippen molar-refractivity contribution in [2.75, 3.05) is 13.2 Å². The Kier molecular flexibility index (Phi) is 64.4. The van der Waals surface area contributed by atoms with Crippen molar-refractivity contribution in [3.63, 3.8) is 0 Å². The van der Waals surface area contributed by atoms with Gasteiger partial charge in [-0.15, -0.1) is 0 Å². The molecule has 0 aromatic heterocycles. The molecule has 0 aromatic rings. The first-order valence-corrected chi connectivity index (χ1v) is 34.6. The summed E-state index contributed by atoms with van der Waals surface area (Å²) in [6.07, 6.45) is 82.2. The van der Waals surface area contributed by atoms with Crippen molar-refractivity contribution in [2.24, 2.45) is 0 Å². The summed E-state index contributed by atoms with van der Waals surface area (Å²) in [4.78, 5) is 24.6.